The SMILES string of the molecule is Cc1occc1C(=O)NN1CC(=O)N(C23CC4CC(CC(C4)C2)C3)C1=O. The molecular formula is C19H23N3O4. The molecule has 4 amide bonds. The average molecular weight is 357 g/mol. The van der Waals surface area contributed by atoms with E-state index < -0.39 is 5.91 Å². The number of nitrogens with zero attached hydrogens (tertiary/aromatic N) is 2. The molecule has 1 aromatic heterocycles. The Hall–Kier alpha value is -2.31. The number of furan rings is 1. The van der Waals surface area contributed by atoms with Gasteiger partial charge in [0.05, 0.1) is 17.4 Å². The first-order chi connectivity index (χ1) is 12.4. The van der Waals surface area contributed by atoms with Gasteiger partial charge in [-0.05, 0) is 69.3 Å². The summed E-state index contributed by atoms with van der Waals surface area (Å²) < 4.78 is 5.14. The van der Waals surface area contributed by atoms with Gasteiger partial charge in [0.15, 0.2) is 0 Å². The van der Waals surface area contributed by atoms with E-state index in [0.717, 1.165) is 24.3 Å². The molecule has 6 rings (SSSR count). The number of hydrogen-bond donors (Lipinski definition) is 1. The van der Waals surface area contributed by atoms with Crippen LogP contribution in [0.3, 0.4) is 0 Å². The van der Waals surface area contributed by atoms with Gasteiger partial charge < -0.3 is 4.42 Å². The molecule has 4 aliphatic carbocycles. The number of imide groups is 1. The van der Waals surface area contributed by atoms with Crippen LogP contribution in [0.1, 0.15) is 54.6 Å². The van der Waals surface area contributed by atoms with Crippen LogP contribution >= 0.6 is 0 Å². The van der Waals surface area contributed by atoms with Crippen molar-refractivity contribution < 1.29 is 18.8 Å². The Balaban J connectivity index is 1.37. The molecule has 26 heavy (non-hydrogen) atoms. The number of carbonyl (C=O) groups excluding carboxylic acids is 3. The molecule has 4 bridgehead atoms. The third kappa shape index (κ3) is 2.22. The van der Waals surface area contributed by atoms with Gasteiger partial charge in [0, 0.05) is 0 Å². The van der Waals surface area contributed by atoms with Gasteiger partial charge in [-0.2, -0.15) is 0 Å². The number of urea groups is 1. The second-order valence-electron chi connectivity index (χ2n) is 8.57. The first kappa shape index (κ1) is 15.9. The third-order valence-corrected chi connectivity index (χ3v) is 6.79. The van der Waals surface area contributed by atoms with Crippen LogP contribution in [0.5, 0.6) is 0 Å². The summed E-state index contributed by atoms with van der Waals surface area (Å²) in [4.78, 5) is 39.6. The smallest absolute Gasteiger partial charge is 0.346 e. The van der Waals surface area contributed by atoms with Gasteiger partial charge in [-0.3, -0.25) is 19.9 Å². The van der Waals surface area contributed by atoms with Crippen LogP contribution in [0.25, 0.3) is 0 Å². The summed E-state index contributed by atoms with van der Waals surface area (Å²) in [6.45, 7) is 1.59. The number of nitrogens with one attached hydrogen (secondary N) is 1. The normalized spacial score (nSPS) is 35.5. The summed E-state index contributed by atoms with van der Waals surface area (Å²) in [5.41, 5.74) is 2.63. The second-order valence-corrected chi connectivity index (χ2v) is 8.57. The number of carbonyl (C=O) groups is 3. The van der Waals surface area contributed by atoms with Crippen molar-refractivity contribution in [1.82, 2.24) is 15.3 Å². The largest absolute Gasteiger partial charge is 0.469 e. The van der Waals surface area contributed by atoms with Gasteiger partial charge in [0.2, 0.25) is 0 Å². The fourth-order valence-corrected chi connectivity index (χ4v) is 6.20. The quantitative estimate of drug-likeness (QED) is 0.843. The van der Waals surface area contributed by atoms with Crippen LogP contribution in [0.4, 0.5) is 4.79 Å². The van der Waals surface area contributed by atoms with Crippen molar-refractivity contribution in [3.63, 3.8) is 0 Å². The Morgan fingerprint density at radius 3 is 2.31 bits per heavy atom. The highest BCUT2D eigenvalue weighted by Crippen LogP contribution is 2.58. The number of hydrogen-bond acceptors (Lipinski definition) is 4. The molecule has 1 saturated heterocycles. The van der Waals surface area contributed by atoms with Gasteiger partial charge >= 0.3 is 6.03 Å². The molecule has 0 radical (unpaired) electrons. The topological polar surface area (TPSA) is 82.9 Å². The van der Waals surface area contributed by atoms with E-state index in [9.17, 15) is 14.4 Å². The first-order valence-electron chi connectivity index (χ1n) is 9.45. The minimum Gasteiger partial charge on any atom is -0.469 e. The molecule has 5 fully saturated rings. The molecule has 1 aromatic rings. The number of amides is 4. The molecular weight excluding hydrogens is 334 g/mol. The summed E-state index contributed by atoms with van der Waals surface area (Å²) >= 11 is 0. The summed E-state index contributed by atoms with van der Waals surface area (Å²) in [7, 11) is 0. The first-order valence-corrected chi connectivity index (χ1v) is 9.45. The van der Waals surface area contributed by atoms with Crippen LogP contribution in [0.2, 0.25) is 0 Å². The standard InChI is InChI=1S/C19H23N3O4/c1-11-15(2-3-26-11)17(24)20-21-10-16(23)22(18(21)25)19-7-12-4-13(8-19)6-14(5-12)9-19/h2-3,12-14H,4-10H2,1H3,(H,20,24). The van der Waals surface area contributed by atoms with Crippen molar-refractivity contribution in [2.45, 2.75) is 51.0 Å². The molecule has 138 valence electrons. The van der Waals surface area contributed by atoms with Crippen molar-refractivity contribution in [2.75, 3.05) is 6.54 Å². The minimum absolute atomic E-state index is 0.0940. The maximum atomic E-state index is 13.0. The Kier molecular flexibility index (Phi) is 3.27. The zero-order valence-corrected chi connectivity index (χ0v) is 14.9. The highest BCUT2D eigenvalue weighted by molar-refractivity contribution is 6.05. The van der Waals surface area contributed by atoms with E-state index in [1.807, 2.05) is 0 Å². The lowest BCUT2D eigenvalue weighted by Gasteiger charge is -2.58. The highest BCUT2D eigenvalue weighted by Gasteiger charge is 2.58. The summed E-state index contributed by atoms with van der Waals surface area (Å²) in [6.07, 6.45) is 7.96. The minimum atomic E-state index is -0.426. The Bertz CT molecular complexity index is 763. The van der Waals surface area contributed by atoms with Crippen molar-refractivity contribution in [1.29, 1.82) is 0 Å². The number of aryl methyl sites for hydroxylation is 1. The Labute approximate surface area is 151 Å². The van der Waals surface area contributed by atoms with E-state index in [2.05, 4.69) is 5.43 Å². The number of hydrazine groups is 1. The lowest BCUT2D eigenvalue weighted by molar-refractivity contribution is -0.138. The van der Waals surface area contributed by atoms with E-state index in [-0.39, 0.29) is 24.0 Å². The van der Waals surface area contributed by atoms with Gasteiger partial charge in [-0.15, -0.1) is 0 Å². The van der Waals surface area contributed by atoms with Gasteiger partial charge in [-0.1, -0.05) is 0 Å². The molecule has 7 nitrogen and oxygen atoms in total. The molecule has 1 aliphatic heterocycles. The average Bonchev–Trinajstić information content (AvgIpc) is 3.09. The van der Waals surface area contributed by atoms with Crippen LogP contribution in [-0.4, -0.2) is 39.8 Å². The lowest BCUT2D eigenvalue weighted by Crippen LogP contribution is -2.62. The molecule has 0 unspecified atom stereocenters. The molecule has 4 saturated carbocycles. The summed E-state index contributed by atoms with van der Waals surface area (Å²) in [6, 6.07) is 1.18. The predicted molar refractivity (Wildman–Crippen MR) is 90.8 cm³/mol. The van der Waals surface area contributed by atoms with Gasteiger partial charge in [0.1, 0.15) is 12.3 Å². The zero-order chi connectivity index (χ0) is 18.1. The highest BCUT2D eigenvalue weighted by atomic mass is 16.3. The molecule has 0 spiro atoms. The maximum Gasteiger partial charge on any atom is 0.346 e. The lowest BCUT2D eigenvalue weighted by atomic mass is 9.52. The molecule has 0 aromatic carbocycles. The second kappa shape index (κ2) is 5.34. The summed E-state index contributed by atoms with van der Waals surface area (Å²) in [5, 5.41) is 1.16. The summed E-state index contributed by atoms with van der Waals surface area (Å²) in [5.74, 6) is 1.78. The fourth-order valence-electron chi connectivity index (χ4n) is 6.20. The Morgan fingerprint density at radius 2 is 1.77 bits per heavy atom. The van der Waals surface area contributed by atoms with Gasteiger partial charge in [0.25, 0.3) is 11.8 Å². The molecule has 0 atom stereocenters. The monoisotopic (exact) mass is 357 g/mol. The van der Waals surface area contributed by atoms with E-state index in [0.29, 0.717) is 29.1 Å². The van der Waals surface area contributed by atoms with Crippen LogP contribution < -0.4 is 5.43 Å². The van der Waals surface area contributed by atoms with Crippen LogP contribution in [-0.2, 0) is 4.79 Å². The van der Waals surface area contributed by atoms with Crippen LogP contribution in [0.15, 0.2) is 16.7 Å². The van der Waals surface area contributed by atoms with E-state index in [1.54, 1.807) is 13.0 Å². The molecule has 2 heterocycles. The Morgan fingerprint density at radius 1 is 1.15 bits per heavy atom. The van der Waals surface area contributed by atoms with Gasteiger partial charge in [-0.25, -0.2) is 9.80 Å². The third-order valence-electron chi connectivity index (χ3n) is 6.79. The van der Waals surface area contributed by atoms with Crippen molar-refractivity contribution in [3.8, 4) is 0 Å². The molecule has 1 N–H and O–H groups in total. The molecule has 5 aliphatic rings. The van der Waals surface area contributed by atoms with E-state index in [4.69, 9.17) is 4.42 Å². The molecule has 7 heteroatoms. The maximum absolute atomic E-state index is 13.0. The van der Waals surface area contributed by atoms with Crippen molar-refractivity contribution in [2.24, 2.45) is 17.8 Å². The van der Waals surface area contributed by atoms with Crippen molar-refractivity contribution >= 4 is 17.8 Å². The number of rotatable bonds is 3. The van der Waals surface area contributed by atoms with Crippen molar-refractivity contribution in [3.05, 3.63) is 23.7 Å². The van der Waals surface area contributed by atoms with Crippen LogP contribution in [0, 0.1) is 24.7 Å². The fraction of sp³-hybridized carbons (Fsp3) is 0.632. The zero-order valence-electron chi connectivity index (χ0n) is 14.9. The van der Waals surface area contributed by atoms with E-state index in [1.165, 1.54) is 30.4 Å². The predicted octanol–water partition coefficient (Wildman–Crippen LogP) is 2.47. The van der Waals surface area contributed by atoms with E-state index >= 15 is 0 Å².